The van der Waals surface area contributed by atoms with Crippen LogP contribution < -0.4 is 0 Å². The van der Waals surface area contributed by atoms with Gasteiger partial charge in [-0.15, -0.1) is 12.4 Å². The molecule has 1 aromatic heterocycles. The lowest BCUT2D eigenvalue weighted by Gasteiger charge is -2.42. The molecule has 7 heteroatoms. The summed E-state index contributed by atoms with van der Waals surface area (Å²) in [6, 6.07) is 0.684. The van der Waals surface area contributed by atoms with Crippen molar-refractivity contribution >= 4 is 12.4 Å². The van der Waals surface area contributed by atoms with Crippen molar-refractivity contribution < 1.29 is 14.0 Å². The van der Waals surface area contributed by atoms with Gasteiger partial charge in [-0.25, -0.2) is 0 Å². The Labute approximate surface area is 149 Å². The molecular formula is C17H28ClN3O3. The molecule has 0 aromatic carbocycles. The maximum absolute atomic E-state index is 5.84. The Morgan fingerprint density at radius 1 is 1.08 bits per heavy atom. The van der Waals surface area contributed by atoms with Crippen LogP contribution >= 0.6 is 12.4 Å². The van der Waals surface area contributed by atoms with Gasteiger partial charge in [0.15, 0.2) is 11.6 Å². The average Bonchev–Trinajstić information content (AvgIpc) is 3.26. The highest BCUT2D eigenvalue weighted by molar-refractivity contribution is 5.85. The molecule has 0 unspecified atom stereocenters. The van der Waals surface area contributed by atoms with Gasteiger partial charge in [0.2, 0.25) is 5.89 Å². The zero-order chi connectivity index (χ0) is 15.7. The van der Waals surface area contributed by atoms with E-state index in [1.165, 1.54) is 12.8 Å². The lowest BCUT2D eigenvalue weighted by atomic mass is 9.87. The third kappa shape index (κ3) is 3.62. The van der Waals surface area contributed by atoms with E-state index in [2.05, 4.69) is 22.0 Å². The third-order valence-electron chi connectivity index (χ3n) is 5.73. The molecule has 0 N–H and O–H groups in total. The molecule has 3 aliphatic rings. The van der Waals surface area contributed by atoms with Crippen molar-refractivity contribution in [3.8, 4) is 0 Å². The summed E-state index contributed by atoms with van der Waals surface area (Å²) in [7, 11) is 0. The number of aryl methyl sites for hydroxylation is 1. The van der Waals surface area contributed by atoms with Crippen molar-refractivity contribution in [3.63, 3.8) is 0 Å². The Morgan fingerprint density at radius 3 is 2.33 bits per heavy atom. The maximum Gasteiger partial charge on any atom is 0.229 e. The van der Waals surface area contributed by atoms with Crippen molar-refractivity contribution in [1.82, 2.24) is 15.0 Å². The molecule has 0 radical (unpaired) electrons. The van der Waals surface area contributed by atoms with E-state index in [0.29, 0.717) is 12.0 Å². The molecule has 6 nitrogen and oxygen atoms in total. The molecule has 24 heavy (non-hydrogen) atoms. The van der Waals surface area contributed by atoms with E-state index in [1.807, 2.05) is 0 Å². The Bertz CT molecular complexity index is 515. The second kappa shape index (κ2) is 7.68. The van der Waals surface area contributed by atoms with E-state index in [0.717, 1.165) is 70.1 Å². The van der Waals surface area contributed by atoms with Gasteiger partial charge in [-0.05, 0) is 38.8 Å². The van der Waals surface area contributed by atoms with Crippen LogP contribution in [0.15, 0.2) is 4.52 Å². The number of piperidine rings is 1. The minimum Gasteiger partial charge on any atom is -0.348 e. The predicted molar refractivity (Wildman–Crippen MR) is 91.4 cm³/mol. The molecule has 1 aliphatic carbocycles. The standard InChI is InChI=1S/C17H27N3O3.ClH/c1-2-15-18-16(23-19-15)13-5-9-20(10-6-13)14-3-7-17(8-4-14)21-11-12-22-17;/h13-14H,2-12H2,1H3;1H. The van der Waals surface area contributed by atoms with Crippen molar-refractivity contribution in [2.75, 3.05) is 26.3 Å². The van der Waals surface area contributed by atoms with Crippen LogP contribution in [0.25, 0.3) is 0 Å². The first-order valence-electron chi connectivity index (χ1n) is 9.12. The number of aromatic nitrogens is 2. The smallest absolute Gasteiger partial charge is 0.229 e. The SMILES string of the molecule is CCc1noc(C2CCN(C3CCC4(CC3)OCCO4)CC2)n1.Cl. The number of nitrogens with zero attached hydrogens (tertiary/aromatic N) is 3. The highest BCUT2D eigenvalue weighted by Crippen LogP contribution is 2.38. The van der Waals surface area contributed by atoms with Crippen LogP contribution in [-0.2, 0) is 15.9 Å². The van der Waals surface area contributed by atoms with Gasteiger partial charge in [0.25, 0.3) is 0 Å². The van der Waals surface area contributed by atoms with Gasteiger partial charge in [0.1, 0.15) is 0 Å². The predicted octanol–water partition coefficient (Wildman–Crippen LogP) is 2.92. The number of hydrogen-bond acceptors (Lipinski definition) is 6. The first-order chi connectivity index (χ1) is 11.3. The summed E-state index contributed by atoms with van der Waals surface area (Å²) in [4.78, 5) is 7.16. The number of likely N-dealkylation sites (tertiary alicyclic amines) is 1. The highest BCUT2D eigenvalue weighted by atomic mass is 35.5. The van der Waals surface area contributed by atoms with Crippen LogP contribution in [0.5, 0.6) is 0 Å². The minimum absolute atomic E-state index is 0. The van der Waals surface area contributed by atoms with Gasteiger partial charge in [0.05, 0.1) is 13.2 Å². The van der Waals surface area contributed by atoms with Gasteiger partial charge in [-0.1, -0.05) is 12.1 Å². The van der Waals surface area contributed by atoms with E-state index in [9.17, 15) is 0 Å². The molecule has 4 rings (SSSR count). The summed E-state index contributed by atoms with van der Waals surface area (Å²) in [6.07, 6.45) is 7.55. The van der Waals surface area contributed by atoms with E-state index >= 15 is 0 Å². The highest BCUT2D eigenvalue weighted by Gasteiger charge is 2.42. The molecule has 136 valence electrons. The van der Waals surface area contributed by atoms with Crippen LogP contribution in [0.1, 0.15) is 63.1 Å². The monoisotopic (exact) mass is 357 g/mol. The summed E-state index contributed by atoms with van der Waals surface area (Å²) < 4.78 is 17.1. The first-order valence-corrected chi connectivity index (χ1v) is 9.12. The molecule has 1 saturated carbocycles. The Morgan fingerprint density at radius 2 is 1.75 bits per heavy atom. The van der Waals surface area contributed by atoms with Crippen molar-refractivity contribution in [1.29, 1.82) is 0 Å². The number of halogens is 1. The quantitative estimate of drug-likeness (QED) is 0.828. The number of ether oxygens (including phenoxy) is 2. The minimum atomic E-state index is -0.241. The molecule has 0 bridgehead atoms. The Balaban J connectivity index is 0.00000169. The van der Waals surface area contributed by atoms with Crippen LogP contribution in [0, 0.1) is 0 Å². The molecule has 1 aromatic rings. The van der Waals surface area contributed by atoms with Gasteiger partial charge in [-0.2, -0.15) is 4.98 Å². The maximum atomic E-state index is 5.84. The summed E-state index contributed by atoms with van der Waals surface area (Å²) in [5.74, 6) is 1.87. The lowest BCUT2D eigenvalue weighted by molar-refractivity contribution is -0.184. The molecule has 3 heterocycles. The van der Waals surface area contributed by atoms with Crippen molar-refractivity contribution in [2.45, 2.75) is 69.6 Å². The van der Waals surface area contributed by atoms with Crippen LogP contribution in [0.2, 0.25) is 0 Å². The van der Waals surface area contributed by atoms with Crippen LogP contribution in [-0.4, -0.2) is 53.2 Å². The molecule has 0 amide bonds. The fourth-order valence-corrected chi connectivity index (χ4v) is 4.28. The molecular weight excluding hydrogens is 330 g/mol. The van der Waals surface area contributed by atoms with E-state index in [-0.39, 0.29) is 18.2 Å². The molecule has 2 saturated heterocycles. The second-order valence-electron chi connectivity index (χ2n) is 7.05. The van der Waals surface area contributed by atoms with Gasteiger partial charge in [0, 0.05) is 31.2 Å². The lowest BCUT2D eigenvalue weighted by Crippen LogP contribution is -2.46. The number of rotatable bonds is 3. The van der Waals surface area contributed by atoms with Gasteiger partial charge < -0.3 is 18.9 Å². The van der Waals surface area contributed by atoms with Crippen LogP contribution in [0.3, 0.4) is 0 Å². The third-order valence-corrected chi connectivity index (χ3v) is 5.73. The molecule has 0 atom stereocenters. The van der Waals surface area contributed by atoms with Gasteiger partial charge >= 0.3 is 0 Å². The topological polar surface area (TPSA) is 60.6 Å². The normalized spacial score (nSPS) is 25.9. The average molecular weight is 358 g/mol. The van der Waals surface area contributed by atoms with Crippen molar-refractivity contribution in [2.24, 2.45) is 0 Å². The second-order valence-corrected chi connectivity index (χ2v) is 7.05. The largest absolute Gasteiger partial charge is 0.348 e. The van der Waals surface area contributed by atoms with Crippen molar-refractivity contribution in [3.05, 3.63) is 11.7 Å². The zero-order valence-corrected chi connectivity index (χ0v) is 15.2. The first kappa shape index (κ1) is 18.1. The van der Waals surface area contributed by atoms with E-state index < -0.39 is 0 Å². The summed E-state index contributed by atoms with van der Waals surface area (Å²) in [6.45, 7) is 5.85. The molecule has 2 aliphatic heterocycles. The van der Waals surface area contributed by atoms with Gasteiger partial charge in [-0.3, -0.25) is 0 Å². The van der Waals surface area contributed by atoms with Crippen LogP contribution in [0.4, 0.5) is 0 Å². The van der Waals surface area contributed by atoms with E-state index in [1.54, 1.807) is 0 Å². The number of hydrogen-bond donors (Lipinski definition) is 0. The summed E-state index contributed by atoms with van der Waals surface area (Å²) in [5.41, 5.74) is 0. The Kier molecular flexibility index (Phi) is 5.80. The fraction of sp³-hybridized carbons (Fsp3) is 0.882. The summed E-state index contributed by atoms with van der Waals surface area (Å²) >= 11 is 0. The zero-order valence-electron chi connectivity index (χ0n) is 14.4. The summed E-state index contributed by atoms with van der Waals surface area (Å²) in [5, 5.41) is 4.03. The molecule has 3 fully saturated rings. The Hall–Kier alpha value is -0.690. The fourth-order valence-electron chi connectivity index (χ4n) is 4.28. The molecule has 1 spiro atoms. The van der Waals surface area contributed by atoms with E-state index in [4.69, 9.17) is 14.0 Å².